The lowest BCUT2D eigenvalue weighted by Gasteiger charge is -2.43. The van der Waals surface area contributed by atoms with Crippen LogP contribution in [0, 0.1) is 0 Å². The van der Waals surface area contributed by atoms with Crippen molar-refractivity contribution in [1.29, 1.82) is 0 Å². The molecule has 3 atom stereocenters. The summed E-state index contributed by atoms with van der Waals surface area (Å²) in [5.74, 6) is 0. The predicted octanol–water partition coefficient (Wildman–Crippen LogP) is 3.77. The smallest absolute Gasteiger partial charge is 0.0701 e. The summed E-state index contributed by atoms with van der Waals surface area (Å²) in [6.45, 7) is 5.42. The van der Waals surface area contributed by atoms with Crippen LogP contribution in [0.4, 0.5) is 0 Å². The van der Waals surface area contributed by atoms with E-state index in [2.05, 4.69) is 46.8 Å². The molecule has 4 heteroatoms. The lowest BCUT2D eigenvalue weighted by Crippen LogP contribution is -2.49. The molecule has 2 nitrogen and oxygen atoms in total. The Hall–Kier alpha value is 0.1000. The van der Waals surface area contributed by atoms with Gasteiger partial charge in [-0.15, -0.1) is 11.3 Å². The second-order valence-electron chi connectivity index (χ2n) is 4.93. The van der Waals surface area contributed by atoms with Gasteiger partial charge in [-0.3, -0.25) is 4.90 Å². The molecule has 0 aliphatic carbocycles. The standard InChI is InChI=1S/C13H21BrN2S/c1-9-4-3-5-11(8-15)16(9)10(2)12-6-7-13(14)17-12/h6-7,9-11H,3-5,8,15H2,1-2H3. The highest BCUT2D eigenvalue weighted by Crippen LogP contribution is 2.36. The van der Waals surface area contributed by atoms with Gasteiger partial charge in [0.15, 0.2) is 0 Å². The number of likely N-dealkylation sites (tertiary alicyclic amines) is 1. The van der Waals surface area contributed by atoms with Crippen molar-refractivity contribution in [3.05, 3.63) is 20.8 Å². The first-order valence-corrected chi connectivity index (χ1v) is 7.97. The maximum absolute atomic E-state index is 5.93. The summed E-state index contributed by atoms with van der Waals surface area (Å²) < 4.78 is 1.22. The van der Waals surface area contributed by atoms with Gasteiger partial charge in [-0.05, 0) is 54.8 Å². The van der Waals surface area contributed by atoms with Gasteiger partial charge in [-0.2, -0.15) is 0 Å². The molecular weight excluding hydrogens is 296 g/mol. The van der Waals surface area contributed by atoms with Crippen LogP contribution in [0.2, 0.25) is 0 Å². The Morgan fingerprint density at radius 3 is 2.88 bits per heavy atom. The third kappa shape index (κ3) is 2.92. The second kappa shape index (κ2) is 5.83. The molecule has 1 aliphatic rings. The zero-order valence-corrected chi connectivity index (χ0v) is 12.9. The maximum atomic E-state index is 5.93. The number of halogens is 1. The summed E-state index contributed by atoms with van der Waals surface area (Å²) >= 11 is 5.39. The number of thiophene rings is 1. The molecule has 2 N–H and O–H groups in total. The number of hydrogen-bond donors (Lipinski definition) is 1. The van der Waals surface area contributed by atoms with Crippen LogP contribution in [0.5, 0.6) is 0 Å². The molecule has 1 saturated heterocycles. The van der Waals surface area contributed by atoms with E-state index in [-0.39, 0.29) is 0 Å². The molecule has 1 fully saturated rings. The zero-order valence-electron chi connectivity index (χ0n) is 10.5. The fraction of sp³-hybridized carbons (Fsp3) is 0.692. The van der Waals surface area contributed by atoms with E-state index in [1.807, 2.05) is 11.3 Å². The van der Waals surface area contributed by atoms with Crippen LogP contribution in [0.3, 0.4) is 0 Å². The minimum atomic E-state index is 0.482. The van der Waals surface area contributed by atoms with E-state index >= 15 is 0 Å². The van der Waals surface area contributed by atoms with Crippen LogP contribution in [0.25, 0.3) is 0 Å². The quantitative estimate of drug-likeness (QED) is 0.919. The van der Waals surface area contributed by atoms with Crippen molar-refractivity contribution < 1.29 is 0 Å². The van der Waals surface area contributed by atoms with Crippen molar-refractivity contribution in [2.45, 2.75) is 51.2 Å². The minimum absolute atomic E-state index is 0.482. The average molecular weight is 317 g/mol. The zero-order chi connectivity index (χ0) is 12.4. The van der Waals surface area contributed by atoms with Gasteiger partial charge in [0.25, 0.3) is 0 Å². The largest absolute Gasteiger partial charge is 0.329 e. The summed E-state index contributed by atoms with van der Waals surface area (Å²) in [6.07, 6.45) is 3.87. The van der Waals surface area contributed by atoms with E-state index in [1.54, 1.807) is 0 Å². The van der Waals surface area contributed by atoms with Gasteiger partial charge >= 0.3 is 0 Å². The highest BCUT2D eigenvalue weighted by atomic mass is 79.9. The Morgan fingerprint density at radius 2 is 2.29 bits per heavy atom. The summed E-state index contributed by atoms with van der Waals surface area (Å²) in [5.41, 5.74) is 5.93. The van der Waals surface area contributed by atoms with Crippen LogP contribution in [0.15, 0.2) is 15.9 Å². The van der Waals surface area contributed by atoms with Crippen molar-refractivity contribution in [3.63, 3.8) is 0 Å². The summed E-state index contributed by atoms with van der Waals surface area (Å²) in [7, 11) is 0. The van der Waals surface area contributed by atoms with Crippen molar-refractivity contribution in [3.8, 4) is 0 Å². The molecule has 1 aromatic rings. The normalized spacial score (nSPS) is 28.2. The van der Waals surface area contributed by atoms with Crippen LogP contribution in [-0.2, 0) is 0 Å². The molecule has 0 saturated carbocycles. The fourth-order valence-electron chi connectivity index (χ4n) is 2.94. The Morgan fingerprint density at radius 1 is 1.53 bits per heavy atom. The van der Waals surface area contributed by atoms with Crippen LogP contribution >= 0.6 is 27.3 Å². The molecule has 0 bridgehead atoms. The van der Waals surface area contributed by atoms with E-state index in [9.17, 15) is 0 Å². The number of rotatable bonds is 3. The molecule has 96 valence electrons. The lowest BCUT2D eigenvalue weighted by molar-refractivity contribution is 0.0585. The first kappa shape index (κ1) is 13.5. The SMILES string of the molecule is CC1CCCC(CN)N1C(C)c1ccc(Br)s1. The van der Waals surface area contributed by atoms with Gasteiger partial charge in [0, 0.05) is 29.5 Å². The van der Waals surface area contributed by atoms with Gasteiger partial charge in [0.05, 0.1) is 3.79 Å². The highest BCUT2D eigenvalue weighted by molar-refractivity contribution is 9.11. The van der Waals surface area contributed by atoms with Crippen LogP contribution in [-0.4, -0.2) is 23.5 Å². The van der Waals surface area contributed by atoms with Crippen LogP contribution < -0.4 is 5.73 Å². The third-order valence-corrected chi connectivity index (χ3v) is 5.61. The molecule has 17 heavy (non-hydrogen) atoms. The Balaban J connectivity index is 2.17. The minimum Gasteiger partial charge on any atom is -0.329 e. The monoisotopic (exact) mass is 316 g/mol. The molecule has 2 rings (SSSR count). The van der Waals surface area contributed by atoms with Gasteiger partial charge in [-0.1, -0.05) is 6.42 Å². The molecule has 0 amide bonds. The third-order valence-electron chi connectivity index (χ3n) is 3.81. The molecule has 2 heterocycles. The maximum Gasteiger partial charge on any atom is 0.0701 e. The van der Waals surface area contributed by atoms with Gasteiger partial charge in [-0.25, -0.2) is 0 Å². The summed E-state index contributed by atoms with van der Waals surface area (Å²) in [4.78, 5) is 4.05. The number of hydrogen-bond acceptors (Lipinski definition) is 3. The summed E-state index contributed by atoms with van der Waals surface area (Å²) in [6, 6.07) is 6.05. The Labute approximate surface area is 116 Å². The Kier molecular flexibility index (Phi) is 4.64. The highest BCUT2D eigenvalue weighted by Gasteiger charge is 2.31. The first-order chi connectivity index (χ1) is 8.13. The van der Waals surface area contributed by atoms with Crippen molar-refractivity contribution in [2.24, 2.45) is 5.73 Å². The molecule has 0 radical (unpaired) electrons. The first-order valence-electron chi connectivity index (χ1n) is 6.36. The molecule has 0 aromatic carbocycles. The van der Waals surface area contributed by atoms with E-state index < -0.39 is 0 Å². The molecule has 1 aromatic heterocycles. The van der Waals surface area contributed by atoms with Crippen molar-refractivity contribution in [2.75, 3.05) is 6.54 Å². The Bertz CT molecular complexity index is 366. The average Bonchev–Trinajstić information content (AvgIpc) is 2.74. The van der Waals surface area contributed by atoms with Gasteiger partial charge in [0.1, 0.15) is 0 Å². The van der Waals surface area contributed by atoms with E-state index in [1.165, 1.54) is 27.9 Å². The van der Waals surface area contributed by atoms with E-state index in [0.29, 0.717) is 18.1 Å². The van der Waals surface area contributed by atoms with Gasteiger partial charge in [0.2, 0.25) is 0 Å². The molecule has 1 aliphatic heterocycles. The second-order valence-corrected chi connectivity index (χ2v) is 7.43. The predicted molar refractivity (Wildman–Crippen MR) is 78.4 cm³/mol. The van der Waals surface area contributed by atoms with Gasteiger partial charge < -0.3 is 5.73 Å². The number of piperidine rings is 1. The topological polar surface area (TPSA) is 29.3 Å². The lowest BCUT2D eigenvalue weighted by atomic mass is 9.94. The van der Waals surface area contributed by atoms with Crippen molar-refractivity contribution >= 4 is 27.3 Å². The number of nitrogens with two attached hydrogens (primary N) is 1. The summed E-state index contributed by atoms with van der Waals surface area (Å²) in [5, 5.41) is 0. The fourth-order valence-corrected chi connectivity index (χ4v) is 4.43. The molecular formula is C13H21BrN2S. The van der Waals surface area contributed by atoms with E-state index in [0.717, 1.165) is 6.54 Å². The number of nitrogens with zero attached hydrogens (tertiary/aromatic N) is 1. The molecule has 0 spiro atoms. The molecule has 3 unspecified atom stereocenters. The van der Waals surface area contributed by atoms with E-state index in [4.69, 9.17) is 5.73 Å². The van der Waals surface area contributed by atoms with Crippen LogP contribution in [0.1, 0.15) is 44.0 Å². The van der Waals surface area contributed by atoms with Crippen molar-refractivity contribution in [1.82, 2.24) is 4.90 Å².